The van der Waals surface area contributed by atoms with Gasteiger partial charge in [-0.3, -0.25) is 4.98 Å². The molecule has 5 heteroatoms. The summed E-state index contributed by atoms with van der Waals surface area (Å²) in [5, 5.41) is 2.46. The van der Waals surface area contributed by atoms with Gasteiger partial charge in [-0.2, -0.15) is 0 Å². The van der Waals surface area contributed by atoms with Crippen molar-refractivity contribution in [2.45, 2.75) is 6.92 Å². The summed E-state index contributed by atoms with van der Waals surface area (Å²) in [6.07, 6.45) is 0. The molecular weight excluding hydrogens is 268 g/mol. The first kappa shape index (κ1) is 12.0. The zero-order chi connectivity index (χ0) is 14.7. The molecule has 0 spiro atoms. The quantitative estimate of drug-likeness (QED) is 0.538. The van der Waals surface area contributed by atoms with Crippen molar-refractivity contribution >= 4 is 32.7 Å². The van der Waals surface area contributed by atoms with Gasteiger partial charge in [0.1, 0.15) is 0 Å². The predicted octanol–water partition coefficient (Wildman–Crippen LogP) is 2.43. The van der Waals surface area contributed by atoms with Crippen molar-refractivity contribution in [1.82, 2.24) is 9.55 Å². The Bertz CT molecular complexity index is 1150. The molecule has 104 valence electrons. The van der Waals surface area contributed by atoms with E-state index in [1.54, 1.807) is 6.07 Å². The van der Waals surface area contributed by atoms with Crippen LogP contribution in [0.2, 0.25) is 0 Å². The van der Waals surface area contributed by atoms with E-state index in [0.717, 1.165) is 27.4 Å². The first-order chi connectivity index (χ1) is 10.1. The maximum absolute atomic E-state index is 11.9. The number of aromatic amines is 1. The molecule has 0 bridgehead atoms. The van der Waals surface area contributed by atoms with E-state index in [4.69, 9.17) is 0 Å². The third kappa shape index (κ3) is 1.45. The molecule has 1 N–H and O–H groups in total. The van der Waals surface area contributed by atoms with E-state index in [1.807, 2.05) is 38.2 Å². The lowest BCUT2D eigenvalue weighted by Gasteiger charge is -2.05. The third-order valence-corrected chi connectivity index (χ3v) is 4.07. The summed E-state index contributed by atoms with van der Waals surface area (Å²) in [4.78, 5) is 26.0. The van der Waals surface area contributed by atoms with Crippen molar-refractivity contribution in [3.63, 3.8) is 0 Å². The van der Waals surface area contributed by atoms with E-state index >= 15 is 0 Å². The summed E-state index contributed by atoms with van der Waals surface area (Å²) in [7, 11) is 1.98. The molecule has 2 heterocycles. The Morgan fingerprint density at radius 2 is 1.86 bits per heavy atom. The molecule has 0 aliphatic heterocycles. The zero-order valence-electron chi connectivity index (χ0n) is 11.6. The molecule has 4 aromatic rings. The van der Waals surface area contributed by atoms with Crippen molar-refractivity contribution in [2.24, 2.45) is 7.05 Å². The Kier molecular flexibility index (Phi) is 2.19. The van der Waals surface area contributed by atoms with Crippen LogP contribution in [0, 0.1) is 6.92 Å². The summed E-state index contributed by atoms with van der Waals surface area (Å²) in [5.74, 6) is -0.728. The minimum absolute atomic E-state index is 0.399. The molecule has 0 amide bonds. The molecule has 0 aliphatic rings. The van der Waals surface area contributed by atoms with Crippen LogP contribution in [0.25, 0.3) is 32.7 Å². The maximum atomic E-state index is 11.9. The standard InChI is InChI=1S/C16H12N2O3/c1-8-13-11(15(19)21-16(20)17-13)7-10-9-5-3-4-6-12(9)18(2)14(8)10/h3-7H,1-2H3,(H,17,20). The van der Waals surface area contributed by atoms with Crippen LogP contribution in [-0.4, -0.2) is 9.55 Å². The van der Waals surface area contributed by atoms with Crippen LogP contribution in [0.3, 0.4) is 0 Å². The van der Waals surface area contributed by atoms with E-state index in [0.29, 0.717) is 10.9 Å². The van der Waals surface area contributed by atoms with Gasteiger partial charge in [0.25, 0.3) is 0 Å². The van der Waals surface area contributed by atoms with Crippen molar-refractivity contribution in [3.05, 3.63) is 56.9 Å². The van der Waals surface area contributed by atoms with Gasteiger partial charge in [-0.05, 0) is 24.6 Å². The highest BCUT2D eigenvalue weighted by Gasteiger charge is 2.15. The zero-order valence-corrected chi connectivity index (χ0v) is 11.6. The lowest BCUT2D eigenvalue weighted by Crippen LogP contribution is -2.15. The number of aromatic nitrogens is 2. The van der Waals surface area contributed by atoms with Crippen LogP contribution in [0.5, 0.6) is 0 Å². The first-order valence-corrected chi connectivity index (χ1v) is 6.62. The number of aryl methyl sites for hydroxylation is 2. The van der Waals surface area contributed by atoms with Crippen molar-refractivity contribution < 1.29 is 4.42 Å². The predicted molar refractivity (Wildman–Crippen MR) is 81.8 cm³/mol. The van der Waals surface area contributed by atoms with Gasteiger partial charge in [0.05, 0.1) is 16.4 Å². The van der Waals surface area contributed by atoms with Crippen LogP contribution >= 0.6 is 0 Å². The molecule has 0 atom stereocenters. The molecule has 21 heavy (non-hydrogen) atoms. The second-order valence-corrected chi connectivity index (χ2v) is 5.20. The van der Waals surface area contributed by atoms with Gasteiger partial charge in [-0.25, -0.2) is 9.59 Å². The number of benzene rings is 2. The van der Waals surface area contributed by atoms with E-state index < -0.39 is 11.4 Å². The number of fused-ring (bicyclic) bond motifs is 4. The molecule has 0 saturated carbocycles. The van der Waals surface area contributed by atoms with Crippen molar-refractivity contribution in [1.29, 1.82) is 0 Å². The highest BCUT2D eigenvalue weighted by Crippen LogP contribution is 2.32. The Labute approximate surface area is 118 Å². The molecule has 0 radical (unpaired) electrons. The van der Waals surface area contributed by atoms with Gasteiger partial charge < -0.3 is 8.98 Å². The van der Waals surface area contributed by atoms with Crippen molar-refractivity contribution in [2.75, 3.05) is 0 Å². The van der Waals surface area contributed by atoms with Gasteiger partial charge in [0.2, 0.25) is 0 Å². The molecule has 4 rings (SSSR count). The fourth-order valence-electron chi connectivity index (χ4n) is 3.15. The lowest BCUT2D eigenvalue weighted by atomic mass is 10.1. The smallest absolute Gasteiger partial charge is 0.372 e. The molecule has 2 aromatic carbocycles. The summed E-state index contributed by atoms with van der Waals surface area (Å²) in [6, 6.07) is 9.80. The number of hydrogen-bond acceptors (Lipinski definition) is 3. The number of para-hydroxylation sites is 1. The fraction of sp³-hybridized carbons (Fsp3) is 0.125. The average Bonchev–Trinajstić information content (AvgIpc) is 2.75. The van der Waals surface area contributed by atoms with E-state index in [9.17, 15) is 9.59 Å². The second-order valence-electron chi connectivity index (χ2n) is 5.20. The molecule has 2 aromatic heterocycles. The molecule has 0 saturated heterocycles. The van der Waals surface area contributed by atoms with Gasteiger partial charge in [0.15, 0.2) is 0 Å². The van der Waals surface area contributed by atoms with Gasteiger partial charge >= 0.3 is 11.4 Å². The van der Waals surface area contributed by atoms with Gasteiger partial charge in [-0.1, -0.05) is 18.2 Å². The number of hydrogen-bond donors (Lipinski definition) is 1. The van der Waals surface area contributed by atoms with Crippen LogP contribution in [-0.2, 0) is 7.05 Å². The van der Waals surface area contributed by atoms with Crippen LogP contribution < -0.4 is 11.4 Å². The second kappa shape index (κ2) is 3.85. The Morgan fingerprint density at radius 1 is 1.10 bits per heavy atom. The summed E-state index contributed by atoms with van der Waals surface area (Å²) in [6.45, 7) is 1.90. The first-order valence-electron chi connectivity index (χ1n) is 6.62. The topological polar surface area (TPSA) is 68.0 Å². The minimum Gasteiger partial charge on any atom is -0.372 e. The fourth-order valence-corrected chi connectivity index (χ4v) is 3.15. The average molecular weight is 280 g/mol. The lowest BCUT2D eigenvalue weighted by molar-refractivity contribution is 0.460. The SMILES string of the molecule is Cc1c2[nH]c(=O)oc(=O)c2cc2c3ccccc3n(C)c12. The normalized spacial score (nSPS) is 11.7. The van der Waals surface area contributed by atoms with E-state index in [1.165, 1.54) is 0 Å². The van der Waals surface area contributed by atoms with Crippen LogP contribution in [0.1, 0.15) is 5.56 Å². The summed E-state index contributed by atoms with van der Waals surface area (Å²) >= 11 is 0. The van der Waals surface area contributed by atoms with Crippen molar-refractivity contribution in [3.8, 4) is 0 Å². The van der Waals surface area contributed by atoms with Crippen LogP contribution in [0.4, 0.5) is 0 Å². The Hall–Kier alpha value is -2.82. The third-order valence-electron chi connectivity index (χ3n) is 4.07. The number of nitrogens with one attached hydrogen (secondary N) is 1. The minimum atomic E-state index is -0.728. The Morgan fingerprint density at radius 3 is 2.67 bits per heavy atom. The Balaban J connectivity index is 2.42. The summed E-state index contributed by atoms with van der Waals surface area (Å²) in [5.41, 5.74) is 2.88. The van der Waals surface area contributed by atoms with Gasteiger partial charge in [0, 0.05) is 23.3 Å². The number of H-pyrrole nitrogens is 1. The van der Waals surface area contributed by atoms with E-state index in [2.05, 4.69) is 14.0 Å². The number of nitrogens with zero attached hydrogens (tertiary/aromatic N) is 1. The molecule has 5 nitrogen and oxygen atoms in total. The highest BCUT2D eigenvalue weighted by atomic mass is 16.4. The van der Waals surface area contributed by atoms with Crippen LogP contribution in [0.15, 0.2) is 44.3 Å². The molecule has 0 aliphatic carbocycles. The molecule has 0 unspecified atom stereocenters. The molecule has 0 fully saturated rings. The maximum Gasteiger partial charge on any atom is 0.419 e. The highest BCUT2D eigenvalue weighted by molar-refractivity contribution is 6.13. The largest absolute Gasteiger partial charge is 0.419 e. The van der Waals surface area contributed by atoms with Gasteiger partial charge in [-0.15, -0.1) is 0 Å². The van der Waals surface area contributed by atoms with E-state index in [-0.39, 0.29) is 0 Å². The number of rotatable bonds is 0. The monoisotopic (exact) mass is 280 g/mol. The molecular formula is C16H12N2O3. The summed E-state index contributed by atoms with van der Waals surface area (Å²) < 4.78 is 6.72.